The number of carbonyl (C=O) groups is 1. The smallest absolute Gasteiger partial charge is 0.276 e. The number of likely N-dealkylation sites (tertiary alicyclic amines) is 1. The van der Waals surface area contributed by atoms with Crippen LogP contribution in [0.4, 0.5) is 0 Å². The van der Waals surface area contributed by atoms with E-state index in [4.69, 9.17) is 9.26 Å². The van der Waals surface area contributed by atoms with Crippen LogP contribution in [0.1, 0.15) is 30.1 Å². The van der Waals surface area contributed by atoms with Gasteiger partial charge in [-0.1, -0.05) is 29.4 Å². The van der Waals surface area contributed by atoms with Gasteiger partial charge in [-0.2, -0.15) is 4.98 Å². The van der Waals surface area contributed by atoms with Gasteiger partial charge in [0.05, 0.1) is 13.5 Å². The lowest BCUT2D eigenvalue weighted by atomic mass is 9.96. The first-order valence-corrected chi connectivity index (χ1v) is 9.39. The summed E-state index contributed by atoms with van der Waals surface area (Å²) < 4.78 is 10.7. The van der Waals surface area contributed by atoms with Gasteiger partial charge in [0.25, 0.3) is 5.89 Å². The van der Waals surface area contributed by atoms with Crippen molar-refractivity contribution in [3.05, 3.63) is 60.0 Å². The largest absolute Gasteiger partial charge is 0.496 e. The molecule has 2 aromatic heterocycles. The van der Waals surface area contributed by atoms with Crippen molar-refractivity contribution in [2.75, 3.05) is 20.2 Å². The minimum absolute atomic E-state index is 0.0663. The van der Waals surface area contributed by atoms with Gasteiger partial charge >= 0.3 is 0 Å². The number of nitrogens with zero attached hydrogens (tertiary/aromatic N) is 4. The molecule has 1 saturated heterocycles. The van der Waals surface area contributed by atoms with Crippen molar-refractivity contribution in [1.29, 1.82) is 0 Å². The molecule has 3 heterocycles. The Balaban J connectivity index is 1.44. The molecule has 0 radical (unpaired) electrons. The van der Waals surface area contributed by atoms with E-state index in [2.05, 4.69) is 15.1 Å². The Morgan fingerprint density at radius 1 is 1.25 bits per heavy atom. The highest BCUT2D eigenvalue weighted by Crippen LogP contribution is 2.27. The lowest BCUT2D eigenvalue weighted by molar-refractivity contribution is -0.131. The van der Waals surface area contributed by atoms with E-state index >= 15 is 0 Å². The molecule has 4 rings (SSSR count). The maximum absolute atomic E-state index is 12.8. The maximum Gasteiger partial charge on any atom is 0.276 e. The SMILES string of the molecule is COc1ccccc1CC(=O)N1CCCC(c2noc(-c3ccccn3)n2)C1. The van der Waals surface area contributed by atoms with Crippen molar-refractivity contribution in [2.24, 2.45) is 0 Å². The lowest BCUT2D eigenvalue weighted by Gasteiger charge is -2.31. The minimum Gasteiger partial charge on any atom is -0.496 e. The fraction of sp³-hybridized carbons (Fsp3) is 0.333. The van der Waals surface area contributed by atoms with Crippen LogP contribution in [0, 0.1) is 0 Å². The predicted octanol–water partition coefficient (Wildman–Crippen LogP) is 3.09. The van der Waals surface area contributed by atoms with Crippen molar-refractivity contribution < 1.29 is 14.1 Å². The third kappa shape index (κ3) is 3.88. The zero-order valence-corrected chi connectivity index (χ0v) is 15.7. The summed E-state index contributed by atoms with van der Waals surface area (Å²) in [5, 5.41) is 4.14. The van der Waals surface area contributed by atoms with Crippen LogP contribution >= 0.6 is 0 Å². The molecular weight excluding hydrogens is 356 g/mol. The summed E-state index contributed by atoms with van der Waals surface area (Å²) in [6.45, 7) is 1.34. The quantitative estimate of drug-likeness (QED) is 0.679. The standard InChI is InChI=1S/C21H22N4O3/c1-27-18-10-3-2-7-15(18)13-19(26)25-12-6-8-16(14-25)20-23-21(28-24-20)17-9-4-5-11-22-17/h2-5,7,9-11,16H,6,8,12-14H2,1H3. The number of hydrogen-bond donors (Lipinski definition) is 0. The third-order valence-electron chi connectivity index (χ3n) is 5.00. The van der Waals surface area contributed by atoms with E-state index < -0.39 is 0 Å². The van der Waals surface area contributed by atoms with E-state index in [1.54, 1.807) is 13.3 Å². The Hall–Kier alpha value is -3.22. The maximum atomic E-state index is 12.8. The van der Waals surface area contributed by atoms with Crippen LogP contribution < -0.4 is 4.74 Å². The van der Waals surface area contributed by atoms with Gasteiger partial charge in [0.15, 0.2) is 5.82 Å². The van der Waals surface area contributed by atoms with E-state index in [1.807, 2.05) is 47.4 Å². The van der Waals surface area contributed by atoms with Gasteiger partial charge in [-0.3, -0.25) is 9.78 Å². The summed E-state index contributed by atoms with van der Waals surface area (Å²) in [6.07, 6.45) is 3.86. The van der Waals surface area contributed by atoms with Gasteiger partial charge in [0, 0.05) is 30.8 Å². The Kier molecular flexibility index (Phi) is 5.32. The summed E-state index contributed by atoms with van der Waals surface area (Å²) >= 11 is 0. The molecule has 0 saturated carbocycles. The number of para-hydroxylation sites is 1. The molecule has 1 amide bonds. The molecule has 1 aliphatic rings. The Morgan fingerprint density at radius 2 is 2.11 bits per heavy atom. The van der Waals surface area contributed by atoms with Crippen molar-refractivity contribution in [2.45, 2.75) is 25.2 Å². The number of aromatic nitrogens is 3. The first kappa shape index (κ1) is 18.2. The van der Waals surface area contributed by atoms with Gasteiger partial charge in [0.1, 0.15) is 11.4 Å². The average Bonchev–Trinajstić information content (AvgIpc) is 3.25. The van der Waals surface area contributed by atoms with Gasteiger partial charge in [-0.05, 0) is 31.0 Å². The van der Waals surface area contributed by atoms with Crippen LogP contribution in [0.2, 0.25) is 0 Å². The zero-order valence-electron chi connectivity index (χ0n) is 15.7. The van der Waals surface area contributed by atoms with Crippen LogP contribution in [0.15, 0.2) is 53.2 Å². The van der Waals surface area contributed by atoms with E-state index in [-0.39, 0.29) is 11.8 Å². The molecule has 7 heteroatoms. The molecule has 0 bridgehead atoms. The second-order valence-corrected chi connectivity index (χ2v) is 6.84. The van der Waals surface area contributed by atoms with E-state index in [0.29, 0.717) is 30.4 Å². The number of rotatable bonds is 5. The topological polar surface area (TPSA) is 81.4 Å². The Bertz CT molecular complexity index is 942. The second-order valence-electron chi connectivity index (χ2n) is 6.84. The molecule has 1 atom stereocenters. The molecule has 7 nitrogen and oxygen atoms in total. The average molecular weight is 378 g/mol. The first-order chi connectivity index (χ1) is 13.7. The molecule has 0 N–H and O–H groups in total. The molecule has 1 unspecified atom stereocenters. The fourth-order valence-corrected chi connectivity index (χ4v) is 3.53. The lowest BCUT2D eigenvalue weighted by Crippen LogP contribution is -2.40. The molecule has 1 aromatic carbocycles. The van der Waals surface area contributed by atoms with Crippen LogP contribution in [-0.2, 0) is 11.2 Å². The summed E-state index contributed by atoms with van der Waals surface area (Å²) in [7, 11) is 1.62. The number of carbonyl (C=O) groups excluding carboxylic acids is 1. The highest BCUT2D eigenvalue weighted by atomic mass is 16.5. The number of ether oxygens (including phenoxy) is 1. The summed E-state index contributed by atoms with van der Waals surface area (Å²) in [4.78, 5) is 23.5. The van der Waals surface area contributed by atoms with E-state index in [0.717, 1.165) is 30.7 Å². The summed E-state index contributed by atoms with van der Waals surface area (Å²) in [5.74, 6) is 1.94. The van der Waals surface area contributed by atoms with Crippen LogP contribution in [-0.4, -0.2) is 46.1 Å². The van der Waals surface area contributed by atoms with Crippen molar-refractivity contribution in [1.82, 2.24) is 20.0 Å². The first-order valence-electron chi connectivity index (χ1n) is 9.39. The van der Waals surface area contributed by atoms with Crippen molar-refractivity contribution in [3.63, 3.8) is 0 Å². The predicted molar refractivity (Wildman–Crippen MR) is 103 cm³/mol. The Labute approximate surface area is 163 Å². The third-order valence-corrected chi connectivity index (χ3v) is 5.00. The molecule has 0 aliphatic carbocycles. The van der Waals surface area contributed by atoms with E-state index in [9.17, 15) is 4.79 Å². The van der Waals surface area contributed by atoms with Crippen LogP contribution in [0.3, 0.4) is 0 Å². The monoisotopic (exact) mass is 378 g/mol. The van der Waals surface area contributed by atoms with E-state index in [1.165, 1.54) is 0 Å². The molecule has 1 fully saturated rings. The van der Waals surface area contributed by atoms with Crippen LogP contribution in [0.25, 0.3) is 11.6 Å². The summed E-state index contributed by atoms with van der Waals surface area (Å²) in [6, 6.07) is 13.2. The molecule has 1 aliphatic heterocycles. The molecule has 3 aromatic rings. The Morgan fingerprint density at radius 3 is 2.93 bits per heavy atom. The highest BCUT2D eigenvalue weighted by Gasteiger charge is 2.28. The highest BCUT2D eigenvalue weighted by molar-refractivity contribution is 5.79. The zero-order chi connectivity index (χ0) is 19.3. The van der Waals surface area contributed by atoms with Crippen LogP contribution in [0.5, 0.6) is 5.75 Å². The van der Waals surface area contributed by atoms with Crippen molar-refractivity contribution >= 4 is 5.91 Å². The number of benzene rings is 1. The van der Waals surface area contributed by atoms with Gasteiger partial charge in [-0.15, -0.1) is 0 Å². The summed E-state index contributed by atoms with van der Waals surface area (Å²) in [5.41, 5.74) is 1.55. The molecule has 28 heavy (non-hydrogen) atoms. The normalized spacial score (nSPS) is 16.8. The van der Waals surface area contributed by atoms with Gasteiger partial charge in [-0.25, -0.2) is 0 Å². The number of pyridine rings is 1. The molecular formula is C21H22N4O3. The van der Waals surface area contributed by atoms with Gasteiger partial charge < -0.3 is 14.2 Å². The number of amides is 1. The second kappa shape index (κ2) is 8.21. The number of methoxy groups -OCH3 is 1. The fourth-order valence-electron chi connectivity index (χ4n) is 3.53. The minimum atomic E-state index is 0.0663. The van der Waals surface area contributed by atoms with Gasteiger partial charge in [0.2, 0.25) is 5.91 Å². The number of piperidine rings is 1. The molecule has 0 spiro atoms. The number of hydrogen-bond acceptors (Lipinski definition) is 6. The molecule has 144 valence electrons. The van der Waals surface area contributed by atoms with Crippen molar-refractivity contribution in [3.8, 4) is 17.3 Å².